The lowest BCUT2D eigenvalue weighted by atomic mass is 10.1. The average Bonchev–Trinajstić information content (AvgIpc) is 1.71. The van der Waals surface area contributed by atoms with Crippen LogP contribution in [0.15, 0.2) is 220 Å². The van der Waals surface area contributed by atoms with Crippen molar-refractivity contribution in [3.63, 3.8) is 0 Å². The van der Waals surface area contributed by atoms with Crippen LogP contribution in [-0.2, 0) is 54.6 Å². The van der Waals surface area contributed by atoms with E-state index in [0.717, 1.165) is 123 Å². The number of aromatic nitrogens is 24. The largest absolute Gasteiger partial charge is 0.489 e. The fourth-order valence-corrected chi connectivity index (χ4v) is 12.8. The summed E-state index contributed by atoms with van der Waals surface area (Å²) in [5, 5.41) is 39.8. The van der Waals surface area contributed by atoms with Crippen molar-refractivity contribution in [3.8, 4) is 91.0 Å². The molecule has 0 unspecified atom stereocenters. The Labute approximate surface area is 691 Å². The second-order valence-corrected chi connectivity index (χ2v) is 28.4. The van der Waals surface area contributed by atoms with Gasteiger partial charge in [-0.1, -0.05) is 65.7 Å². The highest BCUT2D eigenvalue weighted by Gasteiger charge is 2.21. The molecule has 0 bridgehead atoms. The highest BCUT2D eigenvalue weighted by Crippen LogP contribution is 2.33. The van der Waals surface area contributed by atoms with Crippen LogP contribution in [0.1, 0.15) is 72.6 Å². The normalized spacial score (nSPS) is 10.9. The minimum Gasteiger partial charge on any atom is -0.489 e. The Morgan fingerprint density at radius 2 is 0.664 bits per heavy atom. The Balaban J connectivity index is 0.000000137. The number of rotatable bonds is 20. The van der Waals surface area contributed by atoms with E-state index >= 15 is 0 Å². The van der Waals surface area contributed by atoms with E-state index in [2.05, 4.69) is 81.8 Å². The molecule has 16 rings (SSSR count). The second kappa shape index (κ2) is 36.9. The SMILES string of the molecule is Cc1cc(-c2ccc(Cl)nn2)ccc1OCc1c(C)cccc1-n1nnn(C)c1=O.Cc1cc(-c2cnccn2)ccc1OCc1c(C)cccc1-n1nnn(C)c1=O.Cc1ccnc(-c2ccc(OCc3c(C)cccc3-n3nnn(C)c3=O)c(C)c2)n1.Cc1ccnc(-c2ccc(OCc3c(Cl)cccc3-n3nnn(C)c3=O)c(C)c2)n1. The Bertz CT molecular complexity index is 6410. The number of tetrazole rings is 4. The summed E-state index contributed by atoms with van der Waals surface area (Å²) in [5.41, 5.74) is 18.5. The molecule has 0 radical (unpaired) electrons. The standard InChI is InChI=1S/C22H22N6O2.2C21H19ClN6O2.C21H20N6O2/c1-14-6-5-7-19(28-22(29)27(4)25-26-28)18(14)13-30-20-9-8-17(12-15(20)2)21-23-11-10-16(3)24-21;1-13-5-4-6-18(28-21(29)27(3)25-26-28)16(13)12-30-19-9-7-15(11-14(19)2)17-8-10-20(22)24-23-17;1-13-11-15(20-23-10-9-14(2)24-20)7-8-19(13)30-12-16-17(22)5-4-6-18(16)28-21(29)27(3)25-26-28;1-14-5-4-6-19(27-21(28)26(3)24-25-27)17(14)13-29-20-8-7-16(11-15(20)2)18-12-22-9-10-23-18/h5-12H,13H2,1-4H3;2*4-11H,12H2,1-3H3;4-12H,13H2,1-3H3. The van der Waals surface area contributed by atoms with Gasteiger partial charge in [-0.15, -0.1) is 10.2 Å². The van der Waals surface area contributed by atoms with Gasteiger partial charge in [-0.2, -0.15) is 37.5 Å². The van der Waals surface area contributed by atoms with E-state index in [0.29, 0.717) is 69.1 Å². The van der Waals surface area contributed by atoms with Gasteiger partial charge in [-0.3, -0.25) is 9.97 Å². The number of nitrogens with zero attached hydrogens (tertiary/aromatic N) is 24. The molecule has 8 heterocycles. The summed E-state index contributed by atoms with van der Waals surface area (Å²) in [6.45, 7) is 18.7. The van der Waals surface area contributed by atoms with Crippen LogP contribution in [0.4, 0.5) is 0 Å². The maximum atomic E-state index is 12.3. The molecule has 32 nitrogen and oxygen atoms in total. The fraction of sp³-hybridized carbons (Fsp3) is 0.200. The van der Waals surface area contributed by atoms with Crippen molar-refractivity contribution in [2.75, 3.05) is 0 Å². The Kier molecular flexibility index (Phi) is 25.5. The molecule has 0 saturated carbocycles. The highest BCUT2D eigenvalue weighted by atomic mass is 35.5. The molecule has 0 saturated heterocycles. The topological polar surface area (TPSA) is 351 Å². The Morgan fingerprint density at radius 1 is 0.319 bits per heavy atom. The minimum atomic E-state index is -0.364. The summed E-state index contributed by atoms with van der Waals surface area (Å²) in [4.78, 5) is 75.2. The van der Waals surface area contributed by atoms with Crippen LogP contribution in [0, 0.1) is 62.3 Å². The monoisotopic (exact) mass is 1630 g/mol. The molecule has 8 aromatic heterocycles. The van der Waals surface area contributed by atoms with Gasteiger partial charge in [-0.05, 0) is 270 Å². The third-order valence-electron chi connectivity index (χ3n) is 19.1. The molecule has 0 atom stereocenters. The molecule has 0 aliphatic heterocycles. The lowest BCUT2D eigenvalue weighted by molar-refractivity contribution is 0.302. The molecule has 0 amide bonds. The van der Waals surface area contributed by atoms with Crippen molar-refractivity contribution in [3.05, 3.63) is 326 Å². The van der Waals surface area contributed by atoms with Crippen molar-refractivity contribution in [2.45, 2.75) is 88.7 Å². The molecule has 0 fully saturated rings. The van der Waals surface area contributed by atoms with Gasteiger partial charge >= 0.3 is 22.8 Å². The third-order valence-corrected chi connectivity index (χ3v) is 19.7. The lowest BCUT2D eigenvalue weighted by Gasteiger charge is -2.14. The smallest absolute Gasteiger partial charge is 0.368 e. The van der Waals surface area contributed by atoms with Gasteiger partial charge in [0, 0.05) is 114 Å². The number of aryl methyl sites for hydroxylation is 13. The molecule has 34 heteroatoms. The van der Waals surface area contributed by atoms with Gasteiger partial charge in [-0.25, -0.2) is 39.1 Å². The van der Waals surface area contributed by atoms with E-state index in [1.165, 1.54) is 39.8 Å². The first-order valence-electron chi connectivity index (χ1n) is 37.2. The summed E-state index contributed by atoms with van der Waals surface area (Å²) in [6, 6.07) is 53.0. The summed E-state index contributed by atoms with van der Waals surface area (Å²) in [5.74, 6) is 4.31. The van der Waals surface area contributed by atoms with E-state index in [1.807, 2.05) is 208 Å². The summed E-state index contributed by atoms with van der Waals surface area (Å²) in [6.07, 6.45) is 8.54. The van der Waals surface area contributed by atoms with E-state index < -0.39 is 0 Å². The summed E-state index contributed by atoms with van der Waals surface area (Å²) in [7, 11) is 6.24. The fourth-order valence-electron chi connectivity index (χ4n) is 12.5. The van der Waals surface area contributed by atoms with Crippen molar-refractivity contribution >= 4 is 23.2 Å². The van der Waals surface area contributed by atoms with E-state index in [9.17, 15) is 19.2 Å². The van der Waals surface area contributed by atoms with E-state index in [1.54, 1.807) is 76.4 Å². The number of halogens is 2. The van der Waals surface area contributed by atoms with Crippen LogP contribution < -0.4 is 41.7 Å². The van der Waals surface area contributed by atoms with Gasteiger partial charge in [0.1, 0.15) is 49.4 Å². The molecule has 0 aliphatic rings. The van der Waals surface area contributed by atoms with Gasteiger partial charge in [0.05, 0.1) is 40.3 Å². The Hall–Kier alpha value is -14.7. The van der Waals surface area contributed by atoms with Crippen LogP contribution in [0.5, 0.6) is 23.0 Å². The first kappa shape index (κ1) is 82.3. The van der Waals surface area contributed by atoms with Crippen LogP contribution in [0.2, 0.25) is 10.2 Å². The molecule has 0 N–H and O–H groups in total. The van der Waals surface area contributed by atoms with Gasteiger partial charge in [0.25, 0.3) is 0 Å². The van der Waals surface area contributed by atoms with E-state index in [-0.39, 0.29) is 36.0 Å². The summed E-state index contributed by atoms with van der Waals surface area (Å²) < 4.78 is 34.1. The van der Waals surface area contributed by atoms with Crippen LogP contribution in [0.3, 0.4) is 0 Å². The molecule has 119 heavy (non-hydrogen) atoms. The first-order valence-corrected chi connectivity index (χ1v) is 37.9. The number of ether oxygens (including phenoxy) is 4. The molecule has 16 aromatic rings. The highest BCUT2D eigenvalue weighted by molar-refractivity contribution is 6.31. The zero-order chi connectivity index (χ0) is 84.1. The molecule has 0 aliphatic carbocycles. The van der Waals surface area contributed by atoms with Gasteiger partial charge in [0.2, 0.25) is 0 Å². The maximum Gasteiger partial charge on any atom is 0.368 e. The minimum absolute atomic E-state index is 0.166. The van der Waals surface area contributed by atoms with E-state index in [4.69, 9.17) is 42.1 Å². The van der Waals surface area contributed by atoms with Crippen LogP contribution >= 0.6 is 23.2 Å². The molecular formula is C85H80Cl2N24O8. The number of hydrogen-bond acceptors (Lipinski definition) is 24. The lowest BCUT2D eigenvalue weighted by Crippen LogP contribution is -2.23. The quantitative estimate of drug-likeness (QED) is 0.0684. The molecule has 8 aromatic carbocycles. The van der Waals surface area contributed by atoms with Gasteiger partial charge < -0.3 is 18.9 Å². The number of benzene rings is 8. The van der Waals surface area contributed by atoms with Gasteiger partial charge in [0.15, 0.2) is 16.8 Å². The zero-order valence-electron chi connectivity index (χ0n) is 67.1. The second-order valence-electron chi connectivity index (χ2n) is 27.6. The Morgan fingerprint density at radius 3 is 0.992 bits per heavy atom. The first-order chi connectivity index (χ1) is 57.3. The van der Waals surface area contributed by atoms with Crippen molar-refractivity contribution in [1.29, 1.82) is 0 Å². The maximum absolute atomic E-state index is 12.3. The summed E-state index contributed by atoms with van der Waals surface area (Å²) >= 11 is 12.2. The number of hydrogen-bond donors (Lipinski definition) is 0. The van der Waals surface area contributed by atoms with Crippen molar-refractivity contribution in [1.82, 2.24) is 119 Å². The predicted molar refractivity (Wildman–Crippen MR) is 446 cm³/mol. The van der Waals surface area contributed by atoms with Crippen molar-refractivity contribution in [2.24, 2.45) is 28.2 Å². The third kappa shape index (κ3) is 19.2. The van der Waals surface area contributed by atoms with Crippen LogP contribution in [0.25, 0.3) is 68.0 Å². The predicted octanol–water partition coefficient (Wildman–Crippen LogP) is 12.1. The molecular weight excluding hydrogens is 1560 g/mol. The molecule has 602 valence electrons. The zero-order valence-corrected chi connectivity index (χ0v) is 68.6. The average molecular weight is 1640 g/mol. The van der Waals surface area contributed by atoms with Crippen LogP contribution in [-0.4, -0.2) is 119 Å². The molecule has 0 spiro atoms. The van der Waals surface area contributed by atoms with Crippen molar-refractivity contribution < 1.29 is 18.9 Å².